The number of hydrogen-bond acceptors (Lipinski definition) is 4. The number of ether oxygens (including phenoxy) is 1. The van der Waals surface area contributed by atoms with Crippen molar-refractivity contribution in [2.24, 2.45) is 5.92 Å². The van der Waals surface area contributed by atoms with Crippen LogP contribution in [0.1, 0.15) is 31.1 Å². The Balaban J connectivity index is 2.81. The molecule has 0 spiro atoms. The SMILES string of the molecule is COc1ccc(C(=O)NC(C)(CO)C(C)C)cn1. The molecular weight excluding hydrogens is 232 g/mol. The highest BCUT2D eigenvalue weighted by Gasteiger charge is 2.29. The molecule has 1 rings (SSSR count). The first kappa shape index (κ1) is 14.4. The average molecular weight is 252 g/mol. The van der Waals surface area contributed by atoms with E-state index < -0.39 is 5.54 Å². The third kappa shape index (κ3) is 3.20. The number of amides is 1. The molecule has 0 aliphatic carbocycles. The van der Waals surface area contributed by atoms with E-state index >= 15 is 0 Å². The number of carbonyl (C=O) groups is 1. The van der Waals surface area contributed by atoms with E-state index in [1.54, 1.807) is 12.1 Å². The number of pyridine rings is 1. The van der Waals surface area contributed by atoms with Crippen LogP contribution in [0.3, 0.4) is 0 Å². The van der Waals surface area contributed by atoms with Crippen LogP contribution < -0.4 is 10.1 Å². The number of nitrogens with zero attached hydrogens (tertiary/aromatic N) is 1. The Morgan fingerprint density at radius 3 is 2.61 bits per heavy atom. The third-order valence-electron chi connectivity index (χ3n) is 3.21. The second-order valence-corrected chi connectivity index (χ2v) is 4.77. The van der Waals surface area contributed by atoms with Crippen molar-refractivity contribution in [1.29, 1.82) is 0 Å². The molecule has 1 aromatic heterocycles. The van der Waals surface area contributed by atoms with Crippen LogP contribution in [0.15, 0.2) is 18.3 Å². The monoisotopic (exact) mass is 252 g/mol. The van der Waals surface area contributed by atoms with Crippen molar-refractivity contribution in [3.63, 3.8) is 0 Å². The molecule has 0 aliphatic rings. The third-order valence-corrected chi connectivity index (χ3v) is 3.21. The summed E-state index contributed by atoms with van der Waals surface area (Å²) >= 11 is 0. The highest BCUT2D eigenvalue weighted by molar-refractivity contribution is 5.94. The quantitative estimate of drug-likeness (QED) is 0.826. The highest BCUT2D eigenvalue weighted by atomic mass is 16.5. The van der Waals surface area contributed by atoms with Crippen molar-refractivity contribution < 1.29 is 14.6 Å². The number of methoxy groups -OCH3 is 1. The van der Waals surface area contributed by atoms with Crippen LogP contribution in [-0.2, 0) is 0 Å². The van der Waals surface area contributed by atoms with E-state index in [1.165, 1.54) is 13.3 Å². The number of hydrogen-bond donors (Lipinski definition) is 2. The molecule has 2 N–H and O–H groups in total. The summed E-state index contributed by atoms with van der Waals surface area (Å²) in [6.45, 7) is 5.60. The summed E-state index contributed by atoms with van der Waals surface area (Å²) in [4.78, 5) is 16.0. The summed E-state index contributed by atoms with van der Waals surface area (Å²) in [5, 5.41) is 12.2. The van der Waals surface area contributed by atoms with Crippen molar-refractivity contribution in [1.82, 2.24) is 10.3 Å². The zero-order valence-corrected chi connectivity index (χ0v) is 11.2. The summed E-state index contributed by atoms with van der Waals surface area (Å²) in [5.74, 6) is 0.327. The van der Waals surface area contributed by atoms with Gasteiger partial charge in [0.15, 0.2) is 0 Å². The van der Waals surface area contributed by atoms with Crippen LogP contribution in [0.25, 0.3) is 0 Å². The van der Waals surface area contributed by atoms with Gasteiger partial charge in [0.2, 0.25) is 5.88 Å². The van der Waals surface area contributed by atoms with Gasteiger partial charge in [-0.05, 0) is 18.9 Å². The van der Waals surface area contributed by atoms with Gasteiger partial charge in [-0.15, -0.1) is 0 Å². The lowest BCUT2D eigenvalue weighted by molar-refractivity contribution is 0.0783. The number of carbonyl (C=O) groups excluding carboxylic acids is 1. The molecule has 1 aromatic rings. The minimum absolute atomic E-state index is 0.111. The van der Waals surface area contributed by atoms with Crippen LogP contribution in [0.4, 0.5) is 0 Å². The standard InChI is InChI=1S/C13H20N2O3/c1-9(2)13(3,8-16)15-12(17)10-5-6-11(18-4)14-7-10/h5-7,9,16H,8H2,1-4H3,(H,15,17). The molecule has 18 heavy (non-hydrogen) atoms. The molecular formula is C13H20N2O3. The van der Waals surface area contributed by atoms with Gasteiger partial charge >= 0.3 is 0 Å². The van der Waals surface area contributed by atoms with Crippen LogP contribution in [0, 0.1) is 5.92 Å². The first-order chi connectivity index (χ1) is 8.42. The highest BCUT2D eigenvalue weighted by Crippen LogP contribution is 2.16. The van der Waals surface area contributed by atoms with Crippen molar-refractivity contribution in [2.75, 3.05) is 13.7 Å². The lowest BCUT2D eigenvalue weighted by Crippen LogP contribution is -2.52. The normalized spacial score (nSPS) is 14.1. The second-order valence-electron chi connectivity index (χ2n) is 4.77. The molecule has 5 nitrogen and oxygen atoms in total. The lowest BCUT2D eigenvalue weighted by Gasteiger charge is -2.32. The minimum Gasteiger partial charge on any atom is -0.481 e. The van der Waals surface area contributed by atoms with Crippen molar-refractivity contribution in [3.8, 4) is 5.88 Å². The minimum atomic E-state index is -0.642. The smallest absolute Gasteiger partial charge is 0.253 e. The lowest BCUT2D eigenvalue weighted by atomic mass is 9.89. The number of aromatic nitrogens is 1. The van der Waals surface area contributed by atoms with Gasteiger partial charge in [0.25, 0.3) is 5.91 Å². The van der Waals surface area contributed by atoms with Gasteiger partial charge in [-0.2, -0.15) is 0 Å². The van der Waals surface area contributed by atoms with Crippen molar-refractivity contribution in [2.45, 2.75) is 26.3 Å². The predicted molar refractivity (Wildman–Crippen MR) is 68.6 cm³/mol. The van der Waals surface area contributed by atoms with Gasteiger partial charge in [0.05, 0.1) is 24.8 Å². The number of rotatable bonds is 5. The molecule has 100 valence electrons. The van der Waals surface area contributed by atoms with Gasteiger partial charge in [-0.25, -0.2) is 4.98 Å². The fraction of sp³-hybridized carbons (Fsp3) is 0.538. The van der Waals surface area contributed by atoms with E-state index in [1.807, 2.05) is 20.8 Å². The summed E-state index contributed by atoms with van der Waals surface area (Å²) < 4.78 is 4.93. The Labute approximate surface area is 107 Å². The molecule has 1 unspecified atom stereocenters. The molecule has 0 radical (unpaired) electrons. The van der Waals surface area contributed by atoms with Crippen molar-refractivity contribution >= 4 is 5.91 Å². The molecule has 0 aliphatic heterocycles. The zero-order chi connectivity index (χ0) is 13.8. The first-order valence-corrected chi connectivity index (χ1v) is 5.86. The number of aliphatic hydroxyl groups is 1. The Kier molecular flexibility index (Phi) is 4.67. The van der Waals surface area contributed by atoms with Crippen molar-refractivity contribution in [3.05, 3.63) is 23.9 Å². The maximum Gasteiger partial charge on any atom is 0.253 e. The maximum absolute atomic E-state index is 12.0. The number of nitrogens with one attached hydrogen (secondary N) is 1. The van der Waals surface area contributed by atoms with Crippen LogP contribution >= 0.6 is 0 Å². The Morgan fingerprint density at radius 1 is 1.56 bits per heavy atom. The molecule has 1 heterocycles. The molecule has 1 amide bonds. The number of aliphatic hydroxyl groups excluding tert-OH is 1. The maximum atomic E-state index is 12.0. The molecule has 0 bridgehead atoms. The van der Waals surface area contributed by atoms with Crippen LogP contribution in [0.5, 0.6) is 5.88 Å². The van der Waals surface area contributed by atoms with E-state index in [9.17, 15) is 9.90 Å². The molecule has 0 fully saturated rings. The molecule has 1 atom stereocenters. The van der Waals surface area contributed by atoms with Gasteiger partial charge in [0.1, 0.15) is 0 Å². The van der Waals surface area contributed by atoms with Crippen LogP contribution in [0.2, 0.25) is 0 Å². The van der Waals surface area contributed by atoms with E-state index in [4.69, 9.17) is 4.74 Å². The van der Waals surface area contributed by atoms with Gasteiger partial charge in [0, 0.05) is 12.3 Å². The molecule has 0 aromatic carbocycles. The Morgan fingerprint density at radius 2 is 2.22 bits per heavy atom. The van der Waals surface area contributed by atoms with Crippen LogP contribution in [-0.4, -0.2) is 35.3 Å². The first-order valence-electron chi connectivity index (χ1n) is 5.86. The Bertz CT molecular complexity index is 403. The molecule has 0 saturated heterocycles. The fourth-order valence-corrected chi connectivity index (χ4v) is 1.33. The largest absolute Gasteiger partial charge is 0.481 e. The predicted octanol–water partition coefficient (Wildman–Crippen LogP) is 1.23. The Hall–Kier alpha value is -1.62. The second kappa shape index (κ2) is 5.82. The summed E-state index contributed by atoms with van der Waals surface area (Å²) in [6, 6.07) is 3.26. The summed E-state index contributed by atoms with van der Waals surface area (Å²) in [7, 11) is 1.52. The topological polar surface area (TPSA) is 71.5 Å². The van der Waals surface area contributed by atoms with E-state index in [0.29, 0.717) is 11.4 Å². The average Bonchev–Trinajstić information content (AvgIpc) is 2.38. The zero-order valence-electron chi connectivity index (χ0n) is 11.2. The molecule has 5 heteroatoms. The summed E-state index contributed by atoms with van der Waals surface area (Å²) in [5.41, 5.74) is -0.201. The van der Waals surface area contributed by atoms with E-state index in [-0.39, 0.29) is 18.4 Å². The summed E-state index contributed by atoms with van der Waals surface area (Å²) in [6.07, 6.45) is 1.45. The molecule has 0 saturated carbocycles. The van der Waals surface area contributed by atoms with E-state index in [2.05, 4.69) is 10.3 Å². The van der Waals surface area contributed by atoms with E-state index in [0.717, 1.165) is 0 Å². The van der Waals surface area contributed by atoms with Gasteiger partial charge < -0.3 is 15.2 Å². The van der Waals surface area contributed by atoms with Gasteiger partial charge in [-0.3, -0.25) is 4.79 Å². The fourth-order valence-electron chi connectivity index (χ4n) is 1.33. The van der Waals surface area contributed by atoms with Gasteiger partial charge in [-0.1, -0.05) is 13.8 Å².